The van der Waals surface area contributed by atoms with Gasteiger partial charge in [-0.2, -0.15) is 4.42 Å². The predicted octanol–water partition coefficient (Wildman–Crippen LogP) is 6.61. The number of halogens is 1. The molecule has 2 saturated heterocycles. The van der Waals surface area contributed by atoms with E-state index in [1.807, 2.05) is 0 Å². The Bertz CT molecular complexity index is 559. The van der Waals surface area contributed by atoms with Gasteiger partial charge in [-0.3, -0.25) is 9.59 Å². The average molecular weight is 441 g/mol. The van der Waals surface area contributed by atoms with E-state index in [1.165, 1.54) is 51.4 Å². The van der Waals surface area contributed by atoms with E-state index in [9.17, 15) is 9.59 Å². The summed E-state index contributed by atoms with van der Waals surface area (Å²) >= 11 is 6.12. The van der Waals surface area contributed by atoms with Crippen LogP contribution in [0.1, 0.15) is 118 Å². The molecule has 5 heteroatoms. The van der Waals surface area contributed by atoms with Gasteiger partial charge in [0.15, 0.2) is 0 Å². The molecule has 0 spiro atoms. The van der Waals surface area contributed by atoms with Crippen LogP contribution in [0.25, 0.3) is 0 Å². The molecule has 2 heterocycles. The number of nitrogens with zero attached hydrogens (tertiary/aromatic N) is 1. The summed E-state index contributed by atoms with van der Waals surface area (Å²) in [6, 6.07) is 0. The number of rotatable bonds is 12. The van der Waals surface area contributed by atoms with Crippen LogP contribution in [-0.4, -0.2) is 27.3 Å². The molecule has 0 radical (unpaired) electrons. The van der Waals surface area contributed by atoms with E-state index < -0.39 is 0 Å². The Kier molecular flexibility index (Phi) is 9.67. The molecule has 0 saturated carbocycles. The van der Waals surface area contributed by atoms with Crippen molar-refractivity contribution in [2.75, 3.05) is 0 Å². The molecule has 2 rings (SSSR count). The Labute approximate surface area is 190 Å². The summed E-state index contributed by atoms with van der Waals surface area (Å²) < 4.78 is 0.896. The van der Waals surface area contributed by atoms with E-state index >= 15 is 0 Å². The van der Waals surface area contributed by atoms with Crippen LogP contribution in [0.4, 0.5) is 0 Å². The fourth-order valence-corrected chi connectivity index (χ4v) is 6.29. The molecular formula is C25H45ClN2O2. The van der Waals surface area contributed by atoms with Gasteiger partial charge in [-0.15, -0.1) is 0 Å². The molecule has 30 heavy (non-hydrogen) atoms. The maximum atomic E-state index is 12.9. The number of hydrogen-bond acceptors (Lipinski definition) is 3. The van der Waals surface area contributed by atoms with E-state index in [4.69, 9.17) is 11.8 Å². The second-order valence-electron chi connectivity index (χ2n) is 11.1. The number of unbranched alkanes of at least 4 members (excludes halogenated alkanes) is 9. The van der Waals surface area contributed by atoms with Crippen LogP contribution in [0.3, 0.4) is 0 Å². The quantitative estimate of drug-likeness (QED) is 0.211. The van der Waals surface area contributed by atoms with Crippen molar-refractivity contribution in [1.82, 2.24) is 9.74 Å². The first-order valence-corrected chi connectivity index (χ1v) is 12.7. The fourth-order valence-electron chi connectivity index (χ4n) is 6.05. The monoisotopic (exact) mass is 440 g/mol. The minimum absolute atomic E-state index is 0.0445. The molecule has 2 atom stereocenters. The van der Waals surface area contributed by atoms with E-state index in [0.717, 1.165) is 36.5 Å². The van der Waals surface area contributed by atoms with Gasteiger partial charge in [-0.25, -0.2) is 0 Å². The summed E-state index contributed by atoms with van der Waals surface area (Å²) in [7, 11) is 0. The zero-order valence-electron chi connectivity index (χ0n) is 20.1. The number of hydrogen-bond donors (Lipinski definition) is 1. The average Bonchev–Trinajstić information content (AvgIpc) is 2.84. The lowest BCUT2D eigenvalue weighted by Crippen LogP contribution is -2.59. The van der Waals surface area contributed by atoms with Crippen LogP contribution < -0.4 is 5.32 Å². The topological polar surface area (TPSA) is 49.4 Å². The summed E-state index contributed by atoms with van der Waals surface area (Å²) in [5.74, 6) is -0.633. The van der Waals surface area contributed by atoms with E-state index in [1.54, 1.807) is 0 Å². The van der Waals surface area contributed by atoms with Crippen LogP contribution in [0.5, 0.6) is 0 Å². The molecule has 2 unspecified atom stereocenters. The van der Waals surface area contributed by atoms with Gasteiger partial charge in [-0.1, -0.05) is 71.1 Å². The second-order valence-corrected chi connectivity index (χ2v) is 11.5. The van der Waals surface area contributed by atoms with Crippen LogP contribution in [0, 0.1) is 17.8 Å². The lowest BCUT2D eigenvalue weighted by Gasteiger charge is -2.48. The highest BCUT2D eigenvalue weighted by Gasteiger charge is 2.53. The van der Waals surface area contributed by atoms with Gasteiger partial charge >= 0.3 is 0 Å². The molecule has 4 nitrogen and oxygen atoms in total. The van der Waals surface area contributed by atoms with Gasteiger partial charge in [0, 0.05) is 22.9 Å². The minimum atomic E-state index is -0.255. The number of carbonyl (C=O) groups is 2. The van der Waals surface area contributed by atoms with Crippen LogP contribution in [-0.2, 0) is 9.59 Å². The van der Waals surface area contributed by atoms with Crippen molar-refractivity contribution in [2.24, 2.45) is 17.8 Å². The molecule has 1 N–H and O–H groups in total. The first-order chi connectivity index (χ1) is 14.1. The third kappa shape index (κ3) is 7.22. The Hall–Kier alpha value is -0.610. The molecule has 0 aromatic rings. The SMILES string of the molecule is CCCCCCCCCCCCC1C(=O)N(Cl)C(=O)C1C1CC(C)(C)NC(C)(C)C1. The molecule has 0 aliphatic carbocycles. The molecule has 2 fully saturated rings. The molecule has 0 aromatic carbocycles. The predicted molar refractivity (Wildman–Crippen MR) is 125 cm³/mol. The zero-order chi connectivity index (χ0) is 22.4. The van der Waals surface area contributed by atoms with Crippen LogP contribution >= 0.6 is 11.8 Å². The van der Waals surface area contributed by atoms with Crippen molar-refractivity contribution < 1.29 is 9.59 Å². The van der Waals surface area contributed by atoms with E-state index in [2.05, 4.69) is 39.9 Å². The first kappa shape index (κ1) is 25.6. The normalized spacial score (nSPS) is 26.5. The van der Waals surface area contributed by atoms with Crippen LogP contribution in [0.2, 0.25) is 0 Å². The molecule has 2 aliphatic rings. The highest BCUT2D eigenvalue weighted by Crippen LogP contribution is 2.45. The third-order valence-corrected chi connectivity index (χ3v) is 7.35. The Balaban J connectivity index is 1.83. The molecule has 2 amide bonds. The van der Waals surface area contributed by atoms with Crippen molar-refractivity contribution in [2.45, 2.75) is 129 Å². The Morgan fingerprint density at radius 1 is 0.833 bits per heavy atom. The lowest BCUT2D eigenvalue weighted by atomic mass is 9.67. The van der Waals surface area contributed by atoms with E-state index in [0.29, 0.717) is 0 Å². The first-order valence-electron chi connectivity index (χ1n) is 12.4. The zero-order valence-corrected chi connectivity index (χ0v) is 20.8. The number of piperidine rings is 1. The number of amides is 2. The van der Waals surface area contributed by atoms with E-state index in [-0.39, 0.29) is 40.6 Å². The maximum Gasteiger partial charge on any atom is 0.248 e. The fraction of sp³-hybridized carbons (Fsp3) is 0.920. The molecule has 174 valence electrons. The summed E-state index contributed by atoms with van der Waals surface area (Å²) in [5, 5.41) is 3.68. The van der Waals surface area contributed by atoms with Crippen molar-refractivity contribution in [3.8, 4) is 0 Å². The molecule has 0 aromatic heterocycles. The van der Waals surface area contributed by atoms with Crippen molar-refractivity contribution >= 4 is 23.6 Å². The molecule has 2 aliphatic heterocycles. The van der Waals surface area contributed by atoms with Crippen molar-refractivity contribution in [1.29, 1.82) is 0 Å². The highest BCUT2D eigenvalue weighted by molar-refractivity contribution is 6.33. The Morgan fingerprint density at radius 2 is 1.30 bits per heavy atom. The summed E-state index contributed by atoms with van der Waals surface area (Å²) in [6.45, 7) is 11.0. The van der Waals surface area contributed by atoms with Crippen molar-refractivity contribution in [3.05, 3.63) is 0 Å². The summed E-state index contributed by atoms with van der Waals surface area (Å²) in [6.07, 6.45) is 15.3. The van der Waals surface area contributed by atoms with Gasteiger partial charge in [0.05, 0.1) is 11.8 Å². The molecular weight excluding hydrogens is 396 g/mol. The number of nitrogens with one attached hydrogen (secondary N) is 1. The largest absolute Gasteiger partial charge is 0.307 e. The van der Waals surface area contributed by atoms with Gasteiger partial charge < -0.3 is 5.32 Å². The number of imide groups is 1. The van der Waals surface area contributed by atoms with Gasteiger partial charge in [0.2, 0.25) is 11.8 Å². The van der Waals surface area contributed by atoms with Gasteiger partial charge in [-0.05, 0) is 52.9 Å². The maximum absolute atomic E-state index is 12.9. The van der Waals surface area contributed by atoms with Crippen LogP contribution in [0.15, 0.2) is 0 Å². The highest BCUT2D eigenvalue weighted by atomic mass is 35.5. The minimum Gasteiger partial charge on any atom is -0.307 e. The van der Waals surface area contributed by atoms with Gasteiger partial charge in [0.1, 0.15) is 0 Å². The summed E-state index contributed by atoms with van der Waals surface area (Å²) in [5.41, 5.74) is -0.0890. The summed E-state index contributed by atoms with van der Waals surface area (Å²) in [4.78, 5) is 25.6. The Morgan fingerprint density at radius 3 is 1.80 bits per heavy atom. The smallest absolute Gasteiger partial charge is 0.248 e. The standard InChI is InChI=1S/C25H45ClN2O2/c1-6-7-8-9-10-11-12-13-14-15-16-20-21(23(30)28(26)22(20)29)19-17-24(2,3)27-25(4,5)18-19/h19-21,27H,6-18H2,1-5H3. The second kappa shape index (κ2) is 11.3. The number of carbonyl (C=O) groups excluding carboxylic acids is 2. The lowest BCUT2D eigenvalue weighted by molar-refractivity contribution is -0.134. The van der Waals surface area contributed by atoms with Gasteiger partial charge in [0.25, 0.3) is 0 Å². The molecule has 0 bridgehead atoms. The third-order valence-electron chi connectivity index (χ3n) is 7.02. The van der Waals surface area contributed by atoms with Crippen molar-refractivity contribution in [3.63, 3.8) is 0 Å².